The van der Waals surface area contributed by atoms with Crippen LogP contribution in [0.5, 0.6) is 11.5 Å². The number of benzene rings is 1. The molecule has 1 aromatic rings. The number of carbonyl (C=O) groups is 2. The van der Waals surface area contributed by atoms with Crippen molar-refractivity contribution in [3.63, 3.8) is 0 Å². The summed E-state index contributed by atoms with van der Waals surface area (Å²) in [6, 6.07) is 4.81. The first-order chi connectivity index (χ1) is 13.6. The van der Waals surface area contributed by atoms with Gasteiger partial charge in [-0.25, -0.2) is 4.79 Å². The number of hydrogen-bond acceptors (Lipinski definition) is 7. The molecule has 2 N–H and O–H groups in total. The zero-order chi connectivity index (χ0) is 19.7. The lowest BCUT2D eigenvalue weighted by atomic mass is 10.1. The molecule has 1 aliphatic carbocycles. The third kappa shape index (κ3) is 4.00. The van der Waals surface area contributed by atoms with Crippen LogP contribution >= 0.6 is 0 Å². The monoisotopic (exact) mass is 392 g/mol. The van der Waals surface area contributed by atoms with E-state index >= 15 is 0 Å². The molecule has 28 heavy (non-hydrogen) atoms. The van der Waals surface area contributed by atoms with Gasteiger partial charge in [0.15, 0.2) is 6.10 Å². The molecule has 2 amide bonds. The topological polar surface area (TPSA) is 104 Å². The molecule has 152 valence electrons. The molecule has 0 unspecified atom stereocenters. The van der Waals surface area contributed by atoms with E-state index in [-0.39, 0.29) is 30.6 Å². The number of amides is 2. The summed E-state index contributed by atoms with van der Waals surface area (Å²) in [6.45, 7) is 0.572. The molecule has 4 rings (SSSR count). The van der Waals surface area contributed by atoms with E-state index in [9.17, 15) is 9.59 Å². The molecule has 2 aliphatic heterocycles. The predicted octanol–water partition coefficient (Wildman–Crippen LogP) is 1.31. The second-order valence-electron chi connectivity index (χ2n) is 7.16. The Labute approximate surface area is 162 Å². The van der Waals surface area contributed by atoms with Gasteiger partial charge in [0.25, 0.3) is 0 Å². The van der Waals surface area contributed by atoms with E-state index in [1.807, 2.05) is 0 Å². The van der Waals surface area contributed by atoms with Crippen molar-refractivity contribution >= 4 is 17.7 Å². The van der Waals surface area contributed by atoms with Crippen molar-refractivity contribution in [1.29, 1.82) is 0 Å². The Kier molecular flexibility index (Phi) is 5.27. The number of carbonyl (C=O) groups excluding carboxylic acids is 2. The maximum absolute atomic E-state index is 12.3. The summed E-state index contributed by atoms with van der Waals surface area (Å²) in [6.07, 6.45) is 0.0106. The zero-order valence-electron chi connectivity index (χ0n) is 15.8. The molecule has 3 fully saturated rings. The number of nitrogens with one attached hydrogen (secondary N) is 2. The molecule has 2 saturated heterocycles. The lowest BCUT2D eigenvalue weighted by Gasteiger charge is -2.18. The van der Waals surface area contributed by atoms with E-state index in [0.717, 1.165) is 12.8 Å². The summed E-state index contributed by atoms with van der Waals surface area (Å²) in [5, 5.41) is 5.64. The van der Waals surface area contributed by atoms with Crippen molar-refractivity contribution in [3.8, 4) is 11.5 Å². The quantitative estimate of drug-likeness (QED) is 0.752. The lowest BCUT2D eigenvalue weighted by molar-refractivity contribution is -0.123. The average Bonchev–Trinajstić information content (AvgIpc) is 3.37. The van der Waals surface area contributed by atoms with Gasteiger partial charge in [0.05, 0.1) is 39.2 Å². The van der Waals surface area contributed by atoms with E-state index in [0.29, 0.717) is 23.8 Å². The summed E-state index contributed by atoms with van der Waals surface area (Å²) in [5.74, 6) is 1.27. The second-order valence-corrected chi connectivity index (χ2v) is 7.16. The molecule has 1 saturated carbocycles. The summed E-state index contributed by atoms with van der Waals surface area (Å²) in [7, 11) is 3.06. The standard InChI is InChI=1S/C19H24N2O7/c1-24-12-5-11(6-13(7-12)25-2)20-19(23)28-15-9-27-16-14(8-26-17(15)16)21-18(22)10-3-4-10/h5-7,10,14-17H,3-4,8-9H2,1-2H3,(H,20,23)(H,21,22)/t14-,15+,16+,17+/m0/s1. The van der Waals surface area contributed by atoms with Crippen LogP contribution in [-0.2, 0) is 19.0 Å². The molecule has 0 spiro atoms. The Hall–Kier alpha value is -2.52. The van der Waals surface area contributed by atoms with E-state index in [2.05, 4.69) is 10.6 Å². The van der Waals surface area contributed by atoms with Crippen molar-refractivity contribution < 1.29 is 33.3 Å². The molecular formula is C19H24N2O7. The number of fused-ring (bicyclic) bond motifs is 1. The van der Waals surface area contributed by atoms with Gasteiger partial charge < -0.3 is 29.0 Å². The first-order valence-corrected chi connectivity index (χ1v) is 9.31. The van der Waals surface area contributed by atoms with Crippen LogP contribution < -0.4 is 20.1 Å². The zero-order valence-corrected chi connectivity index (χ0v) is 15.8. The van der Waals surface area contributed by atoms with Gasteiger partial charge in [-0.05, 0) is 12.8 Å². The second kappa shape index (κ2) is 7.84. The summed E-state index contributed by atoms with van der Waals surface area (Å²) in [4.78, 5) is 24.3. The van der Waals surface area contributed by atoms with Gasteiger partial charge in [-0.3, -0.25) is 10.1 Å². The number of rotatable bonds is 6. The van der Waals surface area contributed by atoms with Crippen LogP contribution in [0.1, 0.15) is 12.8 Å². The van der Waals surface area contributed by atoms with E-state index in [1.54, 1.807) is 18.2 Å². The lowest BCUT2D eigenvalue weighted by Crippen LogP contribution is -2.45. The fraction of sp³-hybridized carbons (Fsp3) is 0.579. The molecule has 0 bridgehead atoms. The van der Waals surface area contributed by atoms with Crippen molar-refractivity contribution in [2.24, 2.45) is 5.92 Å². The Morgan fingerprint density at radius 3 is 2.32 bits per heavy atom. The van der Waals surface area contributed by atoms with Crippen molar-refractivity contribution in [2.45, 2.75) is 37.2 Å². The molecule has 1 aromatic carbocycles. The Morgan fingerprint density at radius 1 is 1.00 bits per heavy atom. The molecule has 4 atom stereocenters. The molecule has 0 aromatic heterocycles. The molecular weight excluding hydrogens is 368 g/mol. The van der Waals surface area contributed by atoms with Crippen molar-refractivity contribution in [3.05, 3.63) is 18.2 Å². The van der Waals surface area contributed by atoms with Crippen LogP contribution in [0.2, 0.25) is 0 Å². The molecule has 2 heterocycles. The Morgan fingerprint density at radius 2 is 1.68 bits per heavy atom. The fourth-order valence-corrected chi connectivity index (χ4v) is 3.50. The third-order valence-electron chi connectivity index (χ3n) is 5.14. The van der Waals surface area contributed by atoms with Crippen molar-refractivity contribution in [2.75, 3.05) is 32.8 Å². The molecule has 0 radical (unpaired) electrons. The summed E-state index contributed by atoms with van der Waals surface area (Å²) in [5.41, 5.74) is 0.485. The minimum absolute atomic E-state index is 0.0481. The van der Waals surface area contributed by atoms with Crippen LogP contribution in [-0.4, -0.2) is 63.8 Å². The largest absolute Gasteiger partial charge is 0.497 e. The van der Waals surface area contributed by atoms with Gasteiger partial charge in [0, 0.05) is 24.1 Å². The number of anilines is 1. The number of ether oxygens (including phenoxy) is 5. The van der Waals surface area contributed by atoms with Crippen LogP contribution in [0.3, 0.4) is 0 Å². The van der Waals surface area contributed by atoms with Crippen LogP contribution in [0.25, 0.3) is 0 Å². The van der Waals surface area contributed by atoms with Crippen LogP contribution in [0, 0.1) is 5.92 Å². The van der Waals surface area contributed by atoms with Crippen LogP contribution in [0.15, 0.2) is 18.2 Å². The minimum Gasteiger partial charge on any atom is -0.497 e. The Balaban J connectivity index is 1.32. The Bertz CT molecular complexity index is 730. The van der Waals surface area contributed by atoms with E-state index in [4.69, 9.17) is 23.7 Å². The first kappa shape index (κ1) is 18.8. The van der Waals surface area contributed by atoms with Gasteiger partial charge in [-0.15, -0.1) is 0 Å². The highest BCUT2D eigenvalue weighted by Crippen LogP contribution is 2.32. The number of hydrogen-bond donors (Lipinski definition) is 2. The highest BCUT2D eigenvalue weighted by molar-refractivity contribution is 5.85. The molecule has 9 heteroatoms. The van der Waals surface area contributed by atoms with Gasteiger partial charge in [-0.1, -0.05) is 0 Å². The first-order valence-electron chi connectivity index (χ1n) is 9.31. The molecule has 9 nitrogen and oxygen atoms in total. The summed E-state index contributed by atoms with van der Waals surface area (Å²) < 4.78 is 27.4. The highest BCUT2D eigenvalue weighted by atomic mass is 16.6. The van der Waals surface area contributed by atoms with E-state index < -0.39 is 18.3 Å². The predicted molar refractivity (Wildman–Crippen MR) is 97.6 cm³/mol. The smallest absolute Gasteiger partial charge is 0.412 e. The SMILES string of the molecule is COc1cc(NC(=O)O[C@@H]2CO[C@H]3[C@@H]2OC[C@@H]3NC(=O)C2CC2)cc(OC)c1. The van der Waals surface area contributed by atoms with Gasteiger partial charge in [-0.2, -0.15) is 0 Å². The van der Waals surface area contributed by atoms with Gasteiger partial charge in [0.1, 0.15) is 23.7 Å². The fourth-order valence-electron chi connectivity index (χ4n) is 3.50. The minimum atomic E-state index is -0.626. The third-order valence-corrected chi connectivity index (χ3v) is 5.14. The van der Waals surface area contributed by atoms with Gasteiger partial charge >= 0.3 is 6.09 Å². The normalized spacial score (nSPS) is 28.4. The average molecular weight is 392 g/mol. The number of methoxy groups -OCH3 is 2. The van der Waals surface area contributed by atoms with Gasteiger partial charge in [0.2, 0.25) is 5.91 Å². The maximum atomic E-state index is 12.3. The highest BCUT2D eigenvalue weighted by Gasteiger charge is 2.50. The van der Waals surface area contributed by atoms with E-state index in [1.165, 1.54) is 14.2 Å². The van der Waals surface area contributed by atoms with Crippen molar-refractivity contribution in [1.82, 2.24) is 5.32 Å². The summed E-state index contributed by atoms with van der Waals surface area (Å²) >= 11 is 0. The molecule has 3 aliphatic rings. The maximum Gasteiger partial charge on any atom is 0.412 e. The van der Waals surface area contributed by atoms with Crippen LogP contribution in [0.4, 0.5) is 10.5 Å².